The van der Waals surface area contributed by atoms with Crippen molar-refractivity contribution in [2.45, 2.75) is 19.8 Å². The number of nitrogens with two attached hydrogens (primary N) is 1. The highest BCUT2D eigenvalue weighted by atomic mass is 35.5. The second-order valence-electron chi connectivity index (χ2n) is 4.94. The predicted molar refractivity (Wildman–Crippen MR) is 82.0 cm³/mol. The van der Waals surface area contributed by atoms with Gasteiger partial charge in [0.15, 0.2) is 11.5 Å². The van der Waals surface area contributed by atoms with Crippen molar-refractivity contribution < 1.29 is 4.42 Å². The Kier molecular flexibility index (Phi) is 3.36. The molecule has 0 unspecified atom stereocenters. The summed E-state index contributed by atoms with van der Waals surface area (Å²) in [5, 5.41) is 0.510. The maximum absolute atomic E-state index is 5.98. The van der Waals surface area contributed by atoms with Crippen molar-refractivity contribution in [1.29, 1.82) is 0 Å². The second kappa shape index (κ2) is 5.17. The number of benzene rings is 2. The molecule has 1 aromatic heterocycles. The fourth-order valence-corrected chi connectivity index (χ4v) is 2.40. The summed E-state index contributed by atoms with van der Waals surface area (Å²) in [6, 6.07) is 11.9. The highest BCUT2D eigenvalue weighted by molar-refractivity contribution is 6.33. The van der Waals surface area contributed by atoms with Crippen molar-refractivity contribution in [3.8, 4) is 0 Å². The Labute approximate surface area is 122 Å². The van der Waals surface area contributed by atoms with Crippen LogP contribution in [-0.2, 0) is 12.8 Å². The number of hydrogen-bond donors (Lipinski definition) is 1. The molecular weight excluding hydrogens is 272 g/mol. The molecule has 4 heteroatoms. The molecule has 0 aliphatic carbocycles. The van der Waals surface area contributed by atoms with E-state index in [1.54, 1.807) is 12.1 Å². The minimum absolute atomic E-state index is 0.510. The number of aromatic nitrogens is 1. The molecule has 0 atom stereocenters. The fraction of sp³-hybridized carbons (Fsp3) is 0.188. The first-order chi connectivity index (χ1) is 9.61. The first-order valence-corrected chi connectivity index (χ1v) is 6.89. The van der Waals surface area contributed by atoms with Crippen molar-refractivity contribution in [1.82, 2.24) is 4.98 Å². The van der Waals surface area contributed by atoms with Crippen LogP contribution in [0.1, 0.15) is 17.0 Å². The molecule has 3 nitrogen and oxygen atoms in total. The summed E-state index contributed by atoms with van der Waals surface area (Å²) in [6.45, 7) is 2.09. The van der Waals surface area contributed by atoms with Crippen LogP contribution in [0.2, 0.25) is 5.02 Å². The van der Waals surface area contributed by atoms with E-state index in [2.05, 4.69) is 36.2 Å². The number of hydrogen-bond acceptors (Lipinski definition) is 3. The number of fused-ring (bicyclic) bond motifs is 1. The lowest BCUT2D eigenvalue weighted by Gasteiger charge is -1.99. The first kappa shape index (κ1) is 13.0. The highest BCUT2D eigenvalue weighted by Gasteiger charge is 2.08. The van der Waals surface area contributed by atoms with E-state index in [1.807, 2.05) is 0 Å². The Bertz CT molecular complexity index is 725. The lowest BCUT2D eigenvalue weighted by molar-refractivity contribution is 0.528. The molecule has 0 bridgehead atoms. The molecule has 0 fully saturated rings. The molecule has 3 aromatic rings. The number of anilines is 1. The van der Waals surface area contributed by atoms with E-state index < -0.39 is 0 Å². The van der Waals surface area contributed by atoms with Gasteiger partial charge in [0.2, 0.25) is 0 Å². The monoisotopic (exact) mass is 286 g/mol. The molecular formula is C16H15ClN2O. The van der Waals surface area contributed by atoms with E-state index in [4.69, 9.17) is 21.8 Å². The maximum atomic E-state index is 5.98. The molecule has 1 heterocycles. The van der Waals surface area contributed by atoms with E-state index in [0.717, 1.165) is 18.4 Å². The molecule has 0 saturated carbocycles. The van der Waals surface area contributed by atoms with Gasteiger partial charge in [-0.15, -0.1) is 0 Å². The smallest absolute Gasteiger partial charge is 0.195 e. The Hall–Kier alpha value is -2.00. The maximum Gasteiger partial charge on any atom is 0.195 e. The van der Waals surface area contributed by atoms with Gasteiger partial charge in [0.25, 0.3) is 0 Å². The van der Waals surface area contributed by atoms with Gasteiger partial charge in [0.1, 0.15) is 5.52 Å². The number of nitrogen functional groups attached to an aromatic ring is 1. The van der Waals surface area contributed by atoms with Crippen LogP contribution in [0.4, 0.5) is 5.69 Å². The minimum Gasteiger partial charge on any atom is -0.441 e. The second-order valence-corrected chi connectivity index (χ2v) is 5.35. The van der Waals surface area contributed by atoms with Gasteiger partial charge in [-0.25, -0.2) is 4.98 Å². The van der Waals surface area contributed by atoms with Crippen LogP contribution in [0.5, 0.6) is 0 Å². The predicted octanol–water partition coefficient (Wildman–Crippen LogP) is 4.16. The average molecular weight is 287 g/mol. The summed E-state index contributed by atoms with van der Waals surface area (Å²) < 4.78 is 5.71. The average Bonchev–Trinajstić information content (AvgIpc) is 2.79. The Morgan fingerprint density at radius 3 is 2.85 bits per heavy atom. The molecule has 0 amide bonds. The van der Waals surface area contributed by atoms with Crippen LogP contribution in [0.25, 0.3) is 11.1 Å². The van der Waals surface area contributed by atoms with Gasteiger partial charge in [-0.05, 0) is 25.0 Å². The van der Waals surface area contributed by atoms with Gasteiger partial charge in [-0.1, -0.05) is 41.4 Å². The summed E-state index contributed by atoms with van der Waals surface area (Å²) >= 11 is 5.98. The first-order valence-electron chi connectivity index (χ1n) is 6.52. The zero-order valence-electron chi connectivity index (χ0n) is 11.2. The Balaban J connectivity index is 1.81. The zero-order chi connectivity index (χ0) is 14.1. The molecule has 2 aromatic carbocycles. The molecule has 0 aliphatic heterocycles. The van der Waals surface area contributed by atoms with Gasteiger partial charge >= 0.3 is 0 Å². The van der Waals surface area contributed by atoms with Gasteiger partial charge in [0.05, 0.1) is 10.7 Å². The van der Waals surface area contributed by atoms with Crippen molar-refractivity contribution in [3.63, 3.8) is 0 Å². The third-order valence-corrected chi connectivity index (χ3v) is 3.59. The quantitative estimate of drug-likeness (QED) is 0.736. The zero-order valence-corrected chi connectivity index (χ0v) is 11.9. The molecule has 0 radical (unpaired) electrons. The van der Waals surface area contributed by atoms with Crippen molar-refractivity contribution >= 4 is 28.4 Å². The number of halogens is 1. The number of nitrogens with zero attached hydrogens (tertiary/aromatic N) is 1. The van der Waals surface area contributed by atoms with Gasteiger partial charge in [-0.3, -0.25) is 0 Å². The SMILES string of the molecule is Cc1cccc(CCc2nc3cc(Cl)c(N)cc3o2)c1. The molecule has 20 heavy (non-hydrogen) atoms. The topological polar surface area (TPSA) is 52.0 Å². The van der Waals surface area contributed by atoms with Crippen LogP contribution in [0, 0.1) is 6.92 Å². The standard InChI is InChI=1S/C16H15ClN2O/c1-10-3-2-4-11(7-10)5-6-16-19-14-8-12(17)13(18)9-15(14)20-16/h2-4,7-9H,5-6,18H2,1H3. The molecule has 102 valence electrons. The minimum atomic E-state index is 0.510. The Morgan fingerprint density at radius 2 is 2.05 bits per heavy atom. The molecule has 2 N–H and O–H groups in total. The van der Waals surface area contributed by atoms with Crippen molar-refractivity contribution in [2.24, 2.45) is 0 Å². The number of rotatable bonds is 3. The van der Waals surface area contributed by atoms with E-state index in [0.29, 0.717) is 22.2 Å². The molecule has 0 saturated heterocycles. The van der Waals surface area contributed by atoms with Crippen LogP contribution in [0.15, 0.2) is 40.8 Å². The van der Waals surface area contributed by atoms with E-state index >= 15 is 0 Å². The molecule has 0 aliphatic rings. The van der Waals surface area contributed by atoms with E-state index in [-0.39, 0.29) is 0 Å². The van der Waals surface area contributed by atoms with Crippen LogP contribution >= 0.6 is 11.6 Å². The normalized spacial score (nSPS) is 11.1. The summed E-state index contributed by atoms with van der Waals surface area (Å²) in [4.78, 5) is 4.45. The summed E-state index contributed by atoms with van der Waals surface area (Å²) in [5.41, 5.74) is 10.3. The highest BCUT2D eigenvalue weighted by Crippen LogP contribution is 2.26. The lowest BCUT2D eigenvalue weighted by atomic mass is 10.1. The number of aryl methyl sites for hydroxylation is 3. The third-order valence-electron chi connectivity index (χ3n) is 3.26. The fourth-order valence-electron chi connectivity index (χ4n) is 2.24. The largest absolute Gasteiger partial charge is 0.441 e. The van der Waals surface area contributed by atoms with E-state index in [9.17, 15) is 0 Å². The molecule has 0 spiro atoms. The summed E-state index contributed by atoms with van der Waals surface area (Å²) in [6.07, 6.45) is 1.66. The summed E-state index contributed by atoms with van der Waals surface area (Å²) in [5.74, 6) is 0.711. The molecule has 3 rings (SSSR count). The van der Waals surface area contributed by atoms with Crippen LogP contribution in [-0.4, -0.2) is 4.98 Å². The van der Waals surface area contributed by atoms with E-state index in [1.165, 1.54) is 11.1 Å². The summed E-state index contributed by atoms with van der Waals surface area (Å²) in [7, 11) is 0. The van der Waals surface area contributed by atoms with Gasteiger partial charge in [0, 0.05) is 12.5 Å². The lowest BCUT2D eigenvalue weighted by Crippen LogP contribution is -1.91. The Morgan fingerprint density at radius 1 is 1.20 bits per heavy atom. The number of oxazole rings is 1. The van der Waals surface area contributed by atoms with Crippen molar-refractivity contribution in [2.75, 3.05) is 5.73 Å². The van der Waals surface area contributed by atoms with Gasteiger partial charge in [-0.2, -0.15) is 0 Å². The third kappa shape index (κ3) is 2.63. The van der Waals surface area contributed by atoms with Crippen LogP contribution in [0.3, 0.4) is 0 Å². The van der Waals surface area contributed by atoms with Crippen LogP contribution < -0.4 is 5.73 Å². The van der Waals surface area contributed by atoms with Gasteiger partial charge < -0.3 is 10.2 Å². The van der Waals surface area contributed by atoms with Crippen molar-refractivity contribution in [3.05, 3.63) is 58.4 Å².